The van der Waals surface area contributed by atoms with Crippen LogP contribution < -0.4 is 0 Å². The van der Waals surface area contributed by atoms with Crippen LogP contribution in [0.5, 0.6) is 0 Å². The number of carbonyl (C=O) groups excluding carboxylic acids is 3. The van der Waals surface area contributed by atoms with Crippen LogP contribution in [0.1, 0.15) is 59.8 Å². The molecule has 7 atom stereocenters. The number of ketones is 2. The van der Waals surface area contributed by atoms with Gasteiger partial charge in [-0.3, -0.25) is 14.4 Å². The van der Waals surface area contributed by atoms with Crippen molar-refractivity contribution in [2.45, 2.75) is 65.4 Å². The molecule has 29 heavy (non-hydrogen) atoms. The minimum atomic E-state index is -1.46. The third kappa shape index (κ3) is 2.73. The summed E-state index contributed by atoms with van der Waals surface area (Å²) in [4.78, 5) is 36.1. The van der Waals surface area contributed by atoms with Crippen molar-refractivity contribution in [1.82, 2.24) is 0 Å². The molecule has 5 nitrogen and oxygen atoms in total. The molecule has 0 spiro atoms. The average molecular weight is 401 g/mol. The number of fused-ring (bicyclic) bond motifs is 5. The Morgan fingerprint density at radius 2 is 1.97 bits per heavy atom. The summed E-state index contributed by atoms with van der Waals surface area (Å²) in [7, 11) is 0. The molecule has 4 aliphatic rings. The van der Waals surface area contributed by atoms with E-state index < -0.39 is 17.0 Å². The van der Waals surface area contributed by atoms with Crippen molar-refractivity contribution in [3.05, 3.63) is 23.8 Å². The van der Waals surface area contributed by atoms with E-state index in [1.54, 1.807) is 6.08 Å². The van der Waals surface area contributed by atoms with Crippen molar-refractivity contribution in [3.8, 4) is 0 Å². The van der Waals surface area contributed by atoms with E-state index in [0.29, 0.717) is 11.8 Å². The van der Waals surface area contributed by atoms with E-state index in [-0.39, 0.29) is 35.4 Å². The van der Waals surface area contributed by atoms with Crippen LogP contribution >= 0.6 is 0 Å². The van der Waals surface area contributed by atoms with Crippen LogP contribution in [0.15, 0.2) is 23.8 Å². The molecule has 0 heterocycles. The first-order valence-corrected chi connectivity index (χ1v) is 10.9. The summed E-state index contributed by atoms with van der Waals surface area (Å²) in [5.41, 5.74) is -0.851. The largest absolute Gasteiger partial charge is 0.458 e. The number of hydrogen-bond acceptors (Lipinski definition) is 5. The molecule has 3 fully saturated rings. The molecule has 0 unspecified atom stereocenters. The second-order valence-corrected chi connectivity index (χ2v) is 10.2. The van der Waals surface area contributed by atoms with Crippen LogP contribution in [-0.4, -0.2) is 34.9 Å². The number of allylic oxidation sites excluding steroid dienone is 4. The highest BCUT2D eigenvalue weighted by Gasteiger charge is 2.68. The third-order valence-corrected chi connectivity index (χ3v) is 8.97. The summed E-state index contributed by atoms with van der Waals surface area (Å²) in [6.45, 7) is 7.19. The van der Waals surface area contributed by atoms with Crippen molar-refractivity contribution < 1.29 is 24.2 Å². The molecule has 0 aromatic carbocycles. The Hall–Kier alpha value is -1.75. The number of hydrogen-bond donors (Lipinski definition) is 1. The van der Waals surface area contributed by atoms with Crippen molar-refractivity contribution >= 4 is 17.5 Å². The van der Waals surface area contributed by atoms with Gasteiger partial charge in [0, 0.05) is 17.8 Å². The highest BCUT2D eigenvalue weighted by atomic mass is 16.5. The Bertz CT molecular complexity index is 825. The summed E-state index contributed by atoms with van der Waals surface area (Å²) >= 11 is 0. The zero-order valence-electron chi connectivity index (χ0n) is 17.9. The Morgan fingerprint density at radius 1 is 1.24 bits per heavy atom. The van der Waals surface area contributed by atoms with E-state index in [9.17, 15) is 19.5 Å². The first-order valence-electron chi connectivity index (χ1n) is 10.9. The zero-order valence-corrected chi connectivity index (χ0v) is 17.9. The predicted octanol–water partition coefficient (Wildman–Crippen LogP) is 3.40. The quantitative estimate of drug-likeness (QED) is 0.735. The number of ether oxygens (including phenoxy) is 1. The van der Waals surface area contributed by atoms with Gasteiger partial charge in [-0.25, -0.2) is 0 Å². The normalized spacial score (nSPS) is 45.7. The number of Topliss-reactive ketones (excluding diaryl/α,β-unsaturated/α-hetero) is 1. The molecule has 0 aliphatic heterocycles. The monoisotopic (exact) mass is 400 g/mol. The summed E-state index contributed by atoms with van der Waals surface area (Å²) in [5, 5.41) is 11.7. The van der Waals surface area contributed by atoms with Crippen molar-refractivity contribution in [3.63, 3.8) is 0 Å². The van der Waals surface area contributed by atoms with Gasteiger partial charge in [0.05, 0.1) is 0 Å². The maximum Gasteiger partial charge on any atom is 0.303 e. The first-order chi connectivity index (χ1) is 13.5. The van der Waals surface area contributed by atoms with Crippen LogP contribution in [-0.2, 0) is 19.1 Å². The van der Waals surface area contributed by atoms with Gasteiger partial charge in [0.1, 0.15) is 5.60 Å². The number of aliphatic hydroxyl groups is 1. The van der Waals surface area contributed by atoms with Crippen LogP contribution in [0.4, 0.5) is 0 Å². The number of esters is 1. The topological polar surface area (TPSA) is 80.7 Å². The molecule has 5 heteroatoms. The molecule has 4 aliphatic carbocycles. The van der Waals surface area contributed by atoms with Gasteiger partial charge in [-0.1, -0.05) is 32.4 Å². The molecule has 1 N–H and O–H groups in total. The van der Waals surface area contributed by atoms with Crippen molar-refractivity contribution in [2.75, 3.05) is 6.61 Å². The van der Waals surface area contributed by atoms with E-state index in [4.69, 9.17) is 4.74 Å². The Labute approximate surface area is 172 Å². The SMILES string of the molecule is CC(=O)OCC(=O)[C@@]1(O)[C@H](C)C[C@H]2[C@@H]3CCC4=CC(=O)C=C[C@]4(C)[C@H]3CC[C@@]21C. The lowest BCUT2D eigenvalue weighted by atomic mass is 9.47. The Morgan fingerprint density at radius 3 is 2.66 bits per heavy atom. The van der Waals surface area contributed by atoms with Gasteiger partial charge in [0.25, 0.3) is 0 Å². The van der Waals surface area contributed by atoms with Crippen LogP contribution in [0.2, 0.25) is 0 Å². The molecule has 158 valence electrons. The fourth-order valence-electron chi connectivity index (χ4n) is 7.41. The lowest BCUT2D eigenvalue weighted by molar-refractivity contribution is -0.173. The molecule has 0 aromatic rings. The fraction of sp³-hybridized carbons (Fsp3) is 0.708. The summed E-state index contributed by atoms with van der Waals surface area (Å²) in [6.07, 6.45) is 9.99. The predicted molar refractivity (Wildman–Crippen MR) is 108 cm³/mol. The molecule has 0 bridgehead atoms. The van der Waals surface area contributed by atoms with E-state index in [1.807, 2.05) is 13.0 Å². The van der Waals surface area contributed by atoms with Gasteiger partial charge in [-0.2, -0.15) is 0 Å². The molecule has 0 aromatic heterocycles. The lowest BCUT2D eigenvalue weighted by Gasteiger charge is -2.58. The summed E-state index contributed by atoms with van der Waals surface area (Å²) in [5.74, 6) is 0.108. The molecular weight excluding hydrogens is 368 g/mol. The Kier molecular flexibility index (Phi) is 4.69. The first kappa shape index (κ1) is 20.5. The van der Waals surface area contributed by atoms with Gasteiger partial charge in [0.15, 0.2) is 12.4 Å². The van der Waals surface area contributed by atoms with E-state index in [2.05, 4.69) is 19.9 Å². The van der Waals surface area contributed by atoms with Crippen LogP contribution in [0.3, 0.4) is 0 Å². The van der Waals surface area contributed by atoms with Crippen LogP contribution in [0, 0.1) is 34.5 Å². The molecule has 0 saturated heterocycles. The van der Waals surface area contributed by atoms with Crippen molar-refractivity contribution in [2.24, 2.45) is 34.5 Å². The standard InChI is InChI=1S/C24H32O5/c1-14-11-20-18-6-5-16-12-17(26)7-9-22(16,3)19(18)8-10-23(20,4)24(14,28)21(27)13-29-15(2)25/h7,9,12,14,18-20,28H,5-6,8,10-11,13H2,1-4H3/t14-,18-,19+,20+,22+,23+,24+/m1/s1. The second-order valence-electron chi connectivity index (χ2n) is 10.2. The second kappa shape index (κ2) is 6.63. The highest BCUT2D eigenvalue weighted by molar-refractivity contribution is 6.01. The van der Waals surface area contributed by atoms with Crippen molar-refractivity contribution in [1.29, 1.82) is 0 Å². The van der Waals surface area contributed by atoms with E-state index in [1.165, 1.54) is 12.5 Å². The third-order valence-electron chi connectivity index (χ3n) is 8.97. The van der Waals surface area contributed by atoms with E-state index >= 15 is 0 Å². The molecule has 4 rings (SSSR count). The minimum absolute atomic E-state index is 0.0801. The van der Waals surface area contributed by atoms with Gasteiger partial charge < -0.3 is 9.84 Å². The summed E-state index contributed by atoms with van der Waals surface area (Å²) in [6, 6.07) is 0. The molecule has 0 radical (unpaired) electrons. The fourth-order valence-corrected chi connectivity index (χ4v) is 7.41. The minimum Gasteiger partial charge on any atom is -0.458 e. The smallest absolute Gasteiger partial charge is 0.303 e. The highest BCUT2D eigenvalue weighted by Crippen LogP contribution is 2.68. The molecule has 3 saturated carbocycles. The van der Waals surface area contributed by atoms with Gasteiger partial charge in [-0.05, 0) is 67.9 Å². The number of rotatable bonds is 3. The van der Waals surface area contributed by atoms with Gasteiger partial charge in [0.2, 0.25) is 5.78 Å². The lowest BCUT2D eigenvalue weighted by Crippen LogP contribution is -2.59. The van der Waals surface area contributed by atoms with E-state index in [0.717, 1.165) is 32.1 Å². The molecular formula is C24H32O5. The maximum absolute atomic E-state index is 13.0. The van der Waals surface area contributed by atoms with Gasteiger partial charge >= 0.3 is 5.97 Å². The average Bonchev–Trinajstić information content (AvgIpc) is 2.88. The van der Waals surface area contributed by atoms with Gasteiger partial charge in [-0.15, -0.1) is 0 Å². The zero-order chi connectivity index (χ0) is 21.2. The number of carbonyl (C=O) groups is 3. The maximum atomic E-state index is 13.0. The van der Waals surface area contributed by atoms with Crippen LogP contribution in [0.25, 0.3) is 0 Å². The molecule has 0 amide bonds. The Balaban J connectivity index is 1.65. The summed E-state index contributed by atoms with van der Waals surface area (Å²) < 4.78 is 4.96.